The number of benzene rings is 1. The Morgan fingerprint density at radius 3 is 2.42 bits per heavy atom. The molecular formula is C15H21NO3. The van der Waals surface area contributed by atoms with E-state index in [-0.39, 0.29) is 11.8 Å². The Balaban J connectivity index is 2.73. The molecule has 0 aliphatic rings. The van der Waals surface area contributed by atoms with Crippen LogP contribution in [0.1, 0.15) is 25.8 Å². The molecule has 1 unspecified atom stereocenters. The number of carbonyl (C=O) groups is 2. The molecule has 1 aromatic rings. The van der Waals surface area contributed by atoms with E-state index in [2.05, 4.69) is 5.32 Å². The zero-order valence-corrected chi connectivity index (χ0v) is 11.7. The van der Waals surface area contributed by atoms with Crippen LogP contribution in [0.4, 0.5) is 0 Å². The third-order valence-corrected chi connectivity index (χ3v) is 3.14. The number of hydrogen-bond donors (Lipinski definition) is 1. The second-order valence-electron chi connectivity index (χ2n) is 4.58. The number of carbonyl (C=O) groups excluding carboxylic acids is 2. The quantitative estimate of drug-likeness (QED) is 0.798. The van der Waals surface area contributed by atoms with E-state index in [1.165, 1.54) is 7.11 Å². The molecule has 4 nitrogen and oxygen atoms in total. The Morgan fingerprint density at radius 1 is 1.26 bits per heavy atom. The van der Waals surface area contributed by atoms with E-state index in [0.29, 0.717) is 6.42 Å². The Morgan fingerprint density at radius 2 is 1.89 bits per heavy atom. The van der Waals surface area contributed by atoms with E-state index in [9.17, 15) is 9.59 Å². The lowest BCUT2D eigenvalue weighted by molar-refractivity contribution is -0.145. The smallest absolute Gasteiger partial charge is 0.328 e. The molecule has 4 heteroatoms. The third kappa shape index (κ3) is 4.73. The van der Waals surface area contributed by atoms with E-state index in [1.54, 1.807) is 0 Å². The van der Waals surface area contributed by atoms with Crippen molar-refractivity contribution >= 4 is 11.9 Å². The lowest BCUT2D eigenvalue weighted by atomic mass is 10.0. The molecule has 104 valence electrons. The summed E-state index contributed by atoms with van der Waals surface area (Å²) in [6.45, 7) is 3.78. The first kappa shape index (κ1) is 15.2. The summed E-state index contributed by atoms with van der Waals surface area (Å²) in [6.07, 6.45) is 1.18. The lowest BCUT2D eigenvalue weighted by Crippen LogP contribution is -2.45. The van der Waals surface area contributed by atoms with Gasteiger partial charge in [-0.3, -0.25) is 4.79 Å². The second kappa shape index (κ2) is 7.56. The van der Waals surface area contributed by atoms with Crippen LogP contribution in [0.15, 0.2) is 30.3 Å². The average Bonchev–Trinajstić information content (AvgIpc) is 2.45. The molecule has 2 atom stereocenters. The van der Waals surface area contributed by atoms with E-state index in [1.807, 2.05) is 44.2 Å². The average molecular weight is 263 g/mol. The second-order valence-corrected chi connectivity index (χ2v) is 4.58. The summed E-state index contributed by atoms with van der Waals surface area (Å²) in [5.41, 5.74) is 0.988. The van der Waals surface area contributed by atoms with Crippen LogP contribution in [0.2, 0.25) is 0 Å². The lowest BCUT2D eigenvalue weighted by Gasteiger charge is -2.18. The van der Waals surface area contributed by atoms with Gasteiger partial charge in [0.1, 0.15) is 6.04 Å². The van der Waals surface area contributed by atoms with Crippen LogP contribution < -0.4 is 5.32 Å². The number of ether oxygens (including phenoxy) is 1. The molecule has 1 rings (SSSR count). The van der Waals surface area contributed by atoms with Gasteiger partial charge in [0.25, 0.3) is 0 Å². The van der Waals surface area contributed by atoms with Gasteiger partial charge in [-0.05, 0) is 12.0 Å². The van der Waals surface area contributed by atoms with Crippen LogP contribution in [0.5, 0.6) is 0 Å². The van der Waals surface area contributed by atoms with Gasteiger partial charge in [-0.15, -0.1) is 0 Å². The number of rotatable bonds is 6. The summed E-state index contributed by atoms with van der Waals surface area (Å²) in [5.74, 6) is -0.641. The van der Waals surface area contributed by atoms with E-state index in [4.69, 9.17) is 4.74 Å². The Hall–Kier alpha value is -1.84. The van der Waals surface area contributed by atoms with Gasteiger partial charge in [0, 0.05) is 12.3 Å². The molecule has 1 N–H and O–H groups in total. The van der Waals surface area contributed by atoms with Crippen LogP contribution >= 0.6 is 0 Å². The van der Waals surface area contributed by atoms with Crippen molar-refractivity contribution in [2.24, 2.45) is 5.92 Å². The molecule has 0 aromatic heterocycles. The molecule has 0 saturated carbocycles. The van der Waals surface area contributed by atoms with Crippen molar-refractivity contribution in [3.63, 3.8) is 0 Å². The fourth-order valence-corrected chi connectivity index (χ4v) is 1.68. The van der Waals surface area contributed by atoms with Gasteiger partial charge in [-0.2, -0.15) is 0 Å². The van der Waals surface area contributed by atoms with Crippen LogP contribution in [-0.4, -0.2) is 25.0 Å². The van der Waals surface area contributed by atoms with Crippen molar-refractivity contribution in [1.29, 1.82) is 0 Å². The van der Waals surface area contributed by atoms with Crippen molar-refractivity contribution in [2.45, 2.75) is 32.7 Å². The fraction of sp³-hybridized carbons (Fsp3) is 0.467. The highest BCUT2D eigenvalue weighted by molar-refractivity contribution is 5.85. The van der Waals surface area contributed by atoms with Crippen molar-refractivity contribution in [1.82, 2.24) is 5.32 Å². The summed E-state index contributed by atoms with van der Waals surface area (Å²) in [6, 6.07) is 8.93. The van der Waals surface area contributed by atoms with Gasteiger partial charge in [-0.25, -0.2) is 4.79 Å². The van der Waals surface area contributed by atoms with Gasteiger partial charge in [-0.1, -0.05) is 44.2 Å². The summed E-state index contributed by atoms with van der Waals surface area (Å²) >= 11 is 0. The van der Waals surface area contributed by atoms with Crippen LogP contribution in [-0.2, 0) is 20.7 Å². The van der Waals surface area contributed by atoms with Gasteiger partial charge < -0.3 is 10.1 Å². The minimum absolute atomic E-state index is 0.108. The van der Waals surface area contributed by atoms with Gasteiger partial charge >= 0.3 is 5.97 Å². The molecule has 0 fully saturated rings. The number of hydrogen-bond acceptors (Lipinski definition) is 3. The number of nitrogens with one attached hydrogen (secondary N) is 1. The molecule has 0 aliphatic carbocycles. The summed E-state index contributed by atoms with van der Waals surface area (Å²) in [7, 11) is 1.33. The molecular weight excluding hydrogens is 242 g/mol. The molecule has 0 radical (unpaired) electrons. The van der Waals surface area contributed by atoms with E-state index >= 15 is 0 Å². The topological polar surface area (TPSA) is 55.4 Å². The van der Waals surface area contributed by atoms with Crippen molar-refractivity contribution in [2.75, 3.05) is 7.11 Å². The Bertz CT molecular complexity index is 417. The van der Waals surface area contributed by atoms with Crippen LogP contribution in [0.25, 0.3) is 0 Å². The van der Waals surface area contributed by atoms with E-state index < -0.39 is 12.0 Å². The highest BCUT2D eigenvalue weighted by atomic mass is 16.5. The van der Waals surface area contributed by atoms with Crippen LogP contribution in [0.3, 0.4) is 0 Å². The number of amides is 1. The predicted octanol–water partition coefficient (Wildman–Crippen LogP) is 1.93. The zero-order chi connectivity index (χ0) is 14.3. The molecule has 19 heavy (non-hydrogen) atoms. The largest absolute Gasteiger partial charge is 0.467 e. The minimum Gasteiger partial charge on any atom is -0.467 e. The molecule has 0 bridgehead atoms. The SMILES string of the molecule is CCC(C)C(=O)N[C@@H](Cc1ccccc1)C(=O)OC. The minimum atomic E-state index is -0.631. The zero-order valence-electron chi connectivity index (χ0n) is 11.7. The monoisotopic (exact) mass is 263 g/mol. The number of methoxy groups -OCH3 is 1. The first-order valence-electron chi connectivity index (χ1n) is 6.50. The maximum Gasteiger partial charge on any atom is 0.328 e. The Kier molecular flexibility index (Phi) is 6.06. The summed E-state index contributed by atoms with van der Waals surface area (Å²) in [5, 5.41) is 2.75. The van der Waals surface area contributed by atoms with Gasteiger partial charge in [0.15, 0.2) is 0 Å². The third-order valence-electron chi connectivity index (χ3n) is 3.14. The highest BCUT2D eigenvalue weighted by Gasteiger charge is 2.23. The van der Waals surface area contributed by atoms with Gasteiger partial charge in [0.2, 0.25) is 5.91 Å². The van der Waals surface area contributed by atoms with E-state index in [0.717, 1.165) is 12.0 Å². The maximum absolute atomic E-state index is 11.9. The summed E-state index contributed by atoms with van der Waals surface area (Å²) in [4.78, 5) is 23.6. The van der Waals surface area contributed by atoms with Gasteiger partial charge in [0.05, 0.1) is 7.11 Å². The molecule has 0 heterocycles. The number of esters is 1. The van der Waals surface area contributed by atoms with Crippen molar-refractivity contribution in [3.05, 3.63) is 35.9 Å². The standard InChI is InChI=1S/C15H21NO3/c1-4-11(2)14(17)16-13(15(18)19-3)10-12-8-6-5-7-9-12/h5-9,11,13H,4,10H2,1-3H3,(H,16,17)/t11?,13-/m0/s1. The summed E-state index contributed by atoms with van der Waals surface area (Å²) < 4.78 is 4.75. The normalized spacial score (nSPS) is 13.4. The molecule has 1 amide bonds. The Labute approximate surface area is 114 Å². The maximum atomic E-state index is 11.9. The molecule has 0 spiro atoms. The first-order chi connectivity index (χ1) is 9.08. The van der Waals surface area contributed by atoms with Crippen molar-refractivity contribution in [3.8, 4) is 0 Å². The van der Waals surface area contributed by atoms with Crippen LogP contribution in [0, 0.1) is 5.92 Å². The molecule has 0 saturated heterocycles. The molecule has 0 aliphatic heterocycles. The van der Waals surface area contributed by atoms with Crippen molar-refractivity contribution < 1.29 is 14.3 Å². The highest BCUT2D eigenvalue weighted by Crippen LogP contribution is 2.07. The first-order valence-corrected chi connectivity index (χ1v) is 6.50. The molecule has 1 aromatic carbocycles. The predicted molar refractivity (Wildman–Crippen MR) is 73.5 cm³/mol. The fourth-order valence-electron chi connectivity index (χ4n) is 1.68.